The van der Waals surface area contributed by atoms with Gasteiger partial charge in [0.25, 0.3) is 0 Å². The summed E-state index contributed by atoms with van der Waals surface area (Å²) < 4.78 is 12.2. The summed E-state index contributed by atoms with van der Waals surface area (Å²) >= 11 is 0. The summed E-state index contributed by atoms with van der Waals surface area (Å²) in [5.41, 5.74) is 1.64. The van der Waals surface area contributed by atoms with Crippen LogP contribution in [0.25, 0.3) is 0 Å². The lowest BCUT2D eigenvalue weighted by Crippen LogP contribution is -2.41. The number of nitrogens with zero attached hydrogens (tertiary/aromatic N) is 2. The van der Waals surface area contributed by atoms with Crippen LogP contribution in [-0.2, 0) is 15.9 Å². The zero-order chi connectivity index (χ0) is 16.0. The van der Waals surface area contributed by atoms with Gasteiger partial charge in [-0.1, -0.05) is 6.07 Å². The molecule has 2 fully saturated rings. The van der Waals surface area contributed by atoms with E-state index < -0.39 is 0 Å². The quantitative estimate of drug-likeness (QED) is 0.803. The molecule has 22 heavy (non-hydrogen) atoms. The van der Waals surface area contributed by atoms with Gasteiger partial charge in [0.1, 0.15) is 0 Å². The zero-order valence-corrected chi connectivity index (χ0v) is 14.4. The Bertz CT molecular complexity index is 531. The van der Waals surface area contributed by atoms with E-state index in [9.17, 15) is 0 Å². The molecule has 3 rings (SSSR count). The molecule has 1 atom stereocenters. The minimum absolute atomic E-state index is 0.308. The number of likely N-dealkylation sites (tertiary alicyclic amines) is 1. The molecule has 2 aliphatic rings. The van der Waals surface area contributed by atoms with Gasteiger partial charge in [-0.2, -0.15) is 0 Å². The van der Waals surface area contributed by atoms with Crippen molar-refractivity contribution in [2.24, 2.45) is 0 Å². The van der Waals surface area contributed by atoms with E-state index in [2.05, 4.69) is 50.6 Å². The van der Waals surface area contributed by atoms with Crippen LogP contribution >= 0.6 is 0 Å². The van der Waals surface area contributed by atoms with E-state index in [1.165, 1.54) is 24.9 Å². The van der Waals surface area contributed by atoms with Gasteiger partial charge in [-0.25, -0.2) is 0 Å². The summed E-state index contributed by atoms with van der Waals surface area (Å²) in [6.07, 6.45) is 6.41. The molecule has 0 aliphatic carbocycles. The summed E-state index contributed by atoms with van der Waals surface area (Å²) in [5, 5.41) is 0. The van der Waals surface area contributed by atoms with E-state index >= 15 is 0 Å². The largest absolute Gasteiger partial charge is 0.496 e. The van der Waals surface area contributed by atoms with Gasteiger partial charge in [-0.3, -0.25) is 9.88 Å². The molecular weight excluding hydrogens is 275 g/mol. The monoisotopic (exact) mass is 302 g/mol. The normalized spacial score (nSPS) is 27.5. The highest BCUT2D eigenvalue weighted by atomic mass is 16.7. The predicted molar refractivity (Wildman–Crippen MR) is 89.1 cm³/mol. The smallest absolute Gasteiger partial charge is 0.399 e. The van der Waals surface area contributed by atoms with E-state index in [0.717, 1.165) is 12.0 Å². The van der Waals surface area contributed by atoms with Crippen LogP contribution in [-0.4, -0.2) is 40.8 Å². The zero-order valence-electron chi connectivity index (χ0n) is 14.4. The van der Waals surface area contributed by atoms with Crippen molar-refractivity contribution in [1.82, 2.24) is 9.88 Å². The molecule has 0 amide bonds. The van der Waals surface area contributed by atoms with Gasteiger partial charge in [0.15, 0.2) is 0 Å². The number of aromatic nitrogens is 1. The van der Waals surface area contributed by atoms with Crippen molar-refractivity contribution in [3.8, 4) is 0 Å². The topological polar surface area (TPSA) is 34.6 Å². The van der Waals surface area contributed by atoms with Crippen molar-refractivity contribution in [3.63, 3.8) is 0 Å². The SMILES string of the molecule is CC1CCCN1Cc1cncc(B2OC(C)(C)C(C)(C)O2)c1. The Balaban J connectivity index is 1.75. The van der Waals surface area contributed by atoms with Crippen LogP contribution in [0.15, 0.2) is 18.5 Å². The van der Waals surface area contributed by atoms with Gasteiger partial charge in [-0.05, 0) is 59.6 Å². The summed E-state index contributed by atoms with van der Waals surface area (Å²) in [5.74, 6) is 0. The fourth-order valence-electron chi connectivity index (χ4n) is 3.16. The van der Waals surface area contributed by atoms with Crippen LogP contribution in [0.3, 0.4) is 0 Å². The van der Waals surface area contributed by atoms with Gasteiger partial charge in [0.05, 0.1) is 11.2 Å². The average molecular weight is 302 g/mol. The third-order valence-electron chi connectivity index (χ3n) is 5.42. The van der Waals surface area contributed by atoms with Crippen molar-refractivity contribution in [2.75, 3.05) is 6.54 Å². The highest BCUT2D eigenvalue weighted by Crippen LogP contribution is 2.36. The third kappa shape index (κ3) is 2.94. The molecule has 0 saturated carbocycles. The minimum atomic E-state index is -0.326. The van der Waals surface area contributed by atoms with E-state index in [1.54, 1.807) is 0 Å². The summed E-state index contributed by atoms with van der Waals surface area (Å²) in [6.45, 7) is 12.8. The molecule has 4 nitrogen and oxygen atoms in total. The summed E-state index contributed by atoms with van der Waals surface area (Å²) in [6, 6.07) is 2.85. The molecule has 5 heteroatoms. The summed E-state index contributed by atoms with van der Waals surface area (Å²) in [4.78, 5) is 6.92. The number of hydrogen-bond donors (Lipinski definition) is 0. The molecule has 0 N–H and O–H groups in total. The first-order valence-corrected chi connectivity index (χ1v) is 8.32. The van der Waals surface area contributed by atoms with Crippen LogP contribution in [0.2, 0.25) is 0 Å². The van der Waals surface area contributed by atoms with Crippen molar-refractivity contribution >= 4 is 12.6 Å². The second-order valence-corrected chi connectivity index (χ2v) is 7.68. The highest BCUT2D eigenvalue weighted by Gasteiger charge is 2.51. The lowest BCUT2D eigenvalue weighted by Gasteiger charge is -2.32. The van der Waals surface area contributed by atoms with E-state index in [1.807, 2.05) is 12.4 Å². The molecule has 0 aromatic carbocycles. The van der Waals surface area contributed by atoms with E-state index in [-0.39, 0.29) is 18.3 Å². The maximum absolute atomic E-state index is 6.12. The van der Waals surface area contributed by atoms with E-state index in [4.69, 9.17) is 9.31 Å². The first kappa shape index (κ1) is 16.0. The highest BCUT2D eigenvalue weighted by molar-refractivity contribution is 6.62. The molecule has 120 valence electrons. The molecule has 2 aliphatic heterocycles. The van der Waals surface area contributed by atoms with Crippen molar-refractivity contribution in [3.05, 3.63) is 24.0 Å². The van der Waals surface area contributed by atoms with Gasteiger partial charge in [0, 0.05) is 30.4 Å². The third-order valence-corrected chi connectivity index (χ3v) is 5.42. The Hall–Kier alpha value is -0.905. The Kier molecular flexibility index (Phi) is 4.08. The van der Waals surface area contributed by atoms with Crippen LogP contribution < -0.4 is 5.46 Å². The van der Waals surface area contributed by atoms with Crippen LogP contribution in [0.5, 0.6) is 0 Å². The van der Waals surface area contributed by atoms with Crippen molar-refractivity contribution < 1.29 is 9.31 Å². The Morgan fingerprint density at radius 1 is 1.23 bits per heavy atom. The van der Waals surface area contributed by atoms with E-state index in [0.29, 0.717) is 6.04 Å². The number of hydrogen-bond acceptors (Lipinski definition) is 4. The predicted octanol–water partition coefficient (Wildman–Crippen LogP) is 2.37. The fourth-order valence-corrected chi connectivity index (χ4v) is 3.16. The maximum Gasteiger partial charge on any atom is 0.496 e. The summed E-state index contributed by atoms with van der Waals surface area (Å²) in [7, 11) is -0.326. The Morgan fingerprint density at radius 3 is 2.50 bits per heavy atom. The second-order valence-electron chi connectivity index (χ2n) is 7.68. The maximum atomic E-state index is 6.12. The average Bonchev–Trinajstić information content (AvgIpc) is 2.92. The molecule has 2 saturated heterocycles. The molecule has 1 unspecified atom stereocenters. The second kappa shape index (κ2) is 5.62. The van der Waals surface area contributed by atoms with Crippen molar-refractivity contribution in [1.29, 1.82) is 0 Å². The number of pyridine rings is 1. The first-order chi connectivity index (χ1) is 10.3. The molecule has 1 aromatic heterocycles. The first-order valence-electron chi connectivity index (χ1n) is 8.32. The number of rotatable bonds is 3. The molecule has 0 radical (unpaired) electrons. The van der Waals surface area contributed by atoms with Crippen LogP contribution in [0, 0.1) is 0 Å². The molecule has 3 heterocycles. The van der Waals surface area contributed by atoms with Crippen LogP contribution in [0.1, 0.15) is 53.0 Å². The van der Waals surface area contributed by atoms with Gasteiger partial charge in [0.2, 0.25) is 0 Å². The molecule has 1 aromatic rings. The molecule has 0 spiro atoms. The molecular formula is C17H27BN2O2. The van der Waals surface area contributed by atoms with Crippen molar-refractivity contribution in [2.45, 2.75) is 71.2 Å². The lowest BCUT2D eigenvalue weighted by atomic mass is 9.80. The molecule has 0 bridgehead atoms. The van der Waals surface area contributed by atoms with Gasteiger partial charge < -0.3 is 9.31 Å². The van der Waals surface area contributed by atoms with Gasteiger partial charge in [-0.15, -0.1) is 0 Å². The van der Waals surface area contributed by atoms with Crippen LogP contribution in [0.4, 0.5) is 0 Å². The van der Waals surface area contributed by atoms with Gasteiger partial charge >= 0.3 is 7.12 Å². The lowest BCUT2D eigenvalue weighted by molar-refractivity contribution is 0.00578. The standard InChI is InChI=1S/C17H27BN2O2/c1-13-7-6-8-20(13)12-14-9-15(11-19-10-14)18-21-16(2,3)17(4,5)22-18/h9-11,13H,6-8,12H2,1-5H3. The minimum Gasteiger partial charge on any atom is -0.399 e. The fraction of sp³-hybridized carbons (Fsp3) is 0.706. The Morgan fingerprint density at radius 2 is 1.91 bits per heavy atom. The Labute approximate surface area is 134 Å².